The van der Waals surface area contributed by atoms with Crippen molar-refractivity contribution in [3.05, 3.63) is 47.2 Å². The molecule has 8 heteroatoms. The van der Waals surface area contributed by atoms with Gasteiger partial charge in [0, 0.05) is 11.6 Å². The van der Waals surface area contributed by atoms with Gasteiger partial charge in [-0.05, 0) is 22.6 Å². The smallest absolute Gasteiger partial charge is 0.358 e. The first-order valence-corrected chi connectivity index (χ1v) is 6.14. The first-order valence-electron chi connectivity index (χ1n) is 5.04. The lowest BCUT2D eigenvalue weighted by molar-refractivity contribution is -0.136. The minimum atomic E-state index is -1.88. The molecule has 1 aromatic rings. The van der Waals surface area contributed by atoms with Crippen LogP contribution in [0.15, 0.2) is 34.4 Å². The Kier molecular flexibility index (Phi) is 3.82. The van der Waals surface area contributed by atoms with Crippen molar-refractivity contribution in [2.24, 2.45) is 4.40 Å². The Labute approximate surface area is 110 Å². The van der Waals surface area contributed by atoms with E-state index in [1.807, 2.05) is 0 Å². The Hall–Kier alpha value is -1.93. The van der Waals surface area contributed by atoms with Crippen LogP contribution in [0.1, 0.15) is 5.56 Å². The molecular weight excluding hydrogens is 278 g/mol. The molecule has 19 heavy (non-hydrogen) atoms. The number of carbonyl (C=O) groups excluding carboxylic acids is 1. The largest absolute Gasteiger partial charge is 0.567 e. The molecule has 1 atom stereocenters. The molecule has 0 fully saturated rings. The lowest BCUT2D eigenvalue weighted by atomic mass is 10.1. The zero-order valence-electron chi connectivity index (χ0n) is 9.65. The number of nitrogens with one attached hydrogen (secondary N) is 1. The van der Waals surface area contributed by atoms with E-state index in [1.54, 1.807) is 0 Å². The van der Waals surface area contributed by atoms with Crippen LogP contribution >= 0.6 is 0 Å². The van der Waals surface area contributed by atoms with Crippen molar-refractivity contribution in [3.63, 3.8) is 0 Å². The van der Waals surface area contributed by atoms with Crippen LogP contribution in [-0.4, -0.2) is 23.3 Å². The lowest BCUT2D eigenvalue weighted by Gasteiger charge is -2.14. The van der Waals surface area contributed by atoms with Crippen molar-refractivity contribution in [1.29, 1.82) is 0 Å². The monoisotopic (exact) mass is 286 g/mol. The zero-order chi connectivity index (χ0) is 14.0. The van der Waals surface area contributed by atoms with Gasteiger partial charge in [-0.1, -0.05) is 0 Å². The number of nitrogens with zero attached hydrogens (tertiary/aromatic N) is 1. The minimum absolute atomic E-state index is 0.0735. The van der Waals surface area contributed by atoms with Gasteiger partial charge in [-0.25, -0.2) is 13.6 Å². The summed E-state index contributed by atoms with van der Waals surface area (Å²) in [6.07, 6.45) is 1.25. The summed E-state index contributed by atoms with van der Waals surface area (Å²) >= 11 is -1.88. The molecule has 0 aromatic heterocycles. The summed E-state index contributed by atoms with van der Waals surface area (Å²) in [6, 6.07) is 3.09. The van der Waals surface area contributed by atoms with Gasteiger partial charge in [0.1, 0.15) is 5.71 Å². The second-order valence-corrected chi connectivity index (χ2v) is 4.39. The van der Waals surface area contributed by atoms with Crippen LogP contribution in [0.4, 0.5) is 8.78 Å². The van der Waals surface area contributed by atoms with Crippen molar-refractivity contribution in [1.82, 2.24) is 4.72 Å². The topological polar surface area (TPSA) is 73.8 Å². The third kappa shape index (κ3) is 2.91. The number of allylic oxidation sites excluding steroid dienone is 1. The highest BCUT2D eigenvalue weighted by Gasteiger charge is 2.24. The average Bonchev–Trinajstić information content (AvgIpc) is 2.40. The van der Waals surface area contributed by atoms with Crippen molar-refractivity contribution in [2.75, 3.05) is 7.11 Å². The van der Waals surface area contributed by atoms with Gasteiger partial charge >= 0.3 is 5.97 Å². The maximum atomic E-state index is 13.1. The quantitative estimate of drug-likeness (QED) is 0.650. The first kappa shape index (κ1) is 13.5. The summed E-state index contributed by atoms with van der Waals surface area (Å²) in [7, 11) is 1.16. The number of benzene rings is 1. The number of esters is 1. The molecule has 1 heterocycles. The van der Waals surface area contributed by atoms with Crippen molar-refractivity contribution < 1.29 is 22.9 Å². The summed E-state index contributed by atoms with van der Waals surface area (Å²) in [6.45, 7) is 0. The van der Waals surface area contributed by atoms with Gasteiger partial charge in [-0.2, -0.15) is 4.72 Å². The van der Waals surface area contributed by atoms with E-state index in [1.165, 1.54) is 12.1 Å². The van der Waals surface area contributed by atoms with Gasteiger partial charge in [-0.15, -0.1) is 0 Å². The van der Waals surface area contributed by atoms with Crippen LogP contribution < -0.4 is 4.72 Å². The number of hydrogen-bond acceptors (Lipinski definition) is 5. The molecule has 0 saturated heterocycles. The highest BCUT2D eigenvalue weighted by molar-refractivity contribution is 7.88. The summed E-state index contributed by atoms with van der Waals surface area (Å²) < 4.78 is 47.8. The summed E-state index contributed by atoms with van der Waals surface area (Å²) in [5.41, 5.74) is 0.224. The maximum Gasteiger partial charge on any atom is 0.358 e. The number of halogens is 2. The summed E-state index contributed by atoms with van der Waals surface area (Å²) in [4.78, 5) is 11.3. The first-order chi connectivity index (χ1) is 9.01. The Bertz CT molecular complexity index is 589. The molecule has 0 radical (unpaired) electrons. The molecular formula is C11H8F2N2O3S. The Balaban J connectivity index is 2.39. The van der Waals surface area contributed by atoms with E-state index in [4.69, 9.17) is 0 Å². The Morgan fingerprint density at radius 1 is 1.42 bits per heavy atom. The van der Waals surface area contributed by atoms with Crippen molar-refractivity contribution >= 4 is 23.2 Å². The van der Waals surface area contributed by atoms with Gasteiger partial charge < -0.3 is 9.29 Å². The van der Waals surface area contributed by atoms with E-state index in [9.17, 15) is 18.1 Å². The molecule has 2 rings (SSSR count). The molecule has 100 valence electrons. The predicted molar refractivity (Wildman–Crippen MR) is 64.3 cm³/mol. The van der Waals surface area contributed by atoms with Gasteiger partial charge in [0.05, 0.1) is 7.11 Å². The van der Waals surface area contributed by atoms with Gasteiger partial charge in [0.15, 0.2) is 17.3 Å². The highest BCUT2D eigenvalue weighted by Crippen LogP contribution is 2.15. The van der Waals surface area contributed by atoms with E-state index < -0.39 is 29.2 Å². The Morgan fingerprint density at radius 3 is 2.79 bits per heavy atom. The van der Waals surface area contributed by atoms with E-state index in [0.29, 0.717) is 0 Å². The molecule has 0 amide bonds. The predicted octanol–water partition coefficient (Wildman–Crippen LogP) is 0.993. The van der Waals surface area contributed by atoms with Crippen molar-refractivity contribution in [2.45, 2.75) is 0 Å². The normalized spacial score (nSPS) is 18.2. The standard InChI is InChI=1S/C11H8F2N2O3S/c1-18-11(16)10-5-9(14-19(17)15-10)6-2-3-7(12)8(13)4-6/h2-5,15H,1H3. The summed E-state index contributed by atoms with van der Waals surface area (Å²) in [5, 5.41) is 0. The highest BCUT2D eigenvalue weighted by atomic mass is 32.2. The number of ether oxygens (including phenoxy) is 1. The fourth-order valence-electron chi connectivity index (χ4n) is 1.40. The molecule has 5 nitrogen and oxygen atoms in total. The molecule has 1 aliphatic rings. The molecule has 0 aliphatic carbocycles. The van der Waals surface area contributed by atoms with Gasteiger partial charge in [-0.3, -0.25) is 0 Å². The number of methoxy groups -OCH3 is 1. The SMILES string of the molecule is COC(=O)C1=CC(c2ccc(F)c(F)c2)=N[S+]([O-])N1. The molecule has 0 spiro atoms. The van der Waals surface area contributed by atoms with E-state index in [-0.39, 0.29) is 17.0 Å². The molecule has 1 N–H and O–H groups in total. The minimum Gasteiger partial charge on any atom is -0.567 e. The number of hydrogen-bond donors (Lipinski definition) is 1. The molecule has 1 unspecified atom stereocenters. The second-order valence-electron chi connectivity index (χ2n) is 3.51. The fourth-order valence-corrected chi connectivity index (χ4v) is 2.11. The van der Waals surface area contributed by atoms with Crippen LogP contribution in [0.2, 0.25) is 0 Å². The van der Waals surface area contributed by atoms with Gasteiger partial charge in [0.2, 0.25) is 11.5 Å². The van der Waals surface area contributed by atoms with Crippen LogP contribution in [0.5, 0.6) is 0 Å². The van der Waals surface area contributed by atoms with Gasteiger partial charge in [0.25, 0.3) is 0 Å². The number of carbonyl (C=O) groups is 1. The molecule has 0 bridgehead atoms. The molecule has 0 saturated carbocycles. The van der Waals surface area contributed by atoms with E-state index in [0.717, 1.165) is 19.2 Å². The van der Waals surface area contributed by atoms with Crippen molar-refractivity contribution in [3.8, 4) is 0 Å². The van der Waals surface area contributed by atoms with E-state index in [2.05, 4.69) is 13.9 Å². The van der Waals surface area contributed by atoms with Crippen LogP contribution in [0.25, 0.3) is 0 Å². The molecule has 1 aromatic carbocycles. The lowest BCUT2D eigenvalue weighted by Crippen LogP contribution is -2.31. The zero-order valence-corrected chi connectivity index (χ0v) is 10.5. The fraction of sp³-hybridized carbons (Fsp3) is 0.0909. The summed E-state index contributed by atoms with van der Waals surface area (Å²) in [5.74, 6) is -2.79. The van der Waals surface area contributed by atoms with Crippen LogP contribution in [0.3, 0.4) is 0 Å². The maximum absolute atomic E-state index is 13.1. The van der Waals surface area contributed by atoms with Crippen LogP contribution in [0, 0.1) is 11.6 Å². The van der Waals surface area contributed by atoms with Crippen LogP contribution in [-0.2, 0) is 21.1 Å². The number of rotatable bonds is 2. The average molecular weight is 286 g/mol. The molecule has 1 aliphatic heterocycles. The Morgan fingerprint density at radius 2 is 2.16 bits per heavy atom. The second kappa shape index (κ2) is 5.37. The third-order valence-corrected chi connectivity index (χ3v) is 3.04. The third-order valence-electron chi connectivity index (χ3n) is 2.28. The van der Waals surface area contributed by atoms with E-state index >= 15 is 0 Å².